The molecule has 9 nitrogen and oxygen atoms in total. The van der Waals surface area contributed by atoms with Crippen LogP contribution in [0.25, 0.3) is 0 Å². The van der Waals surface area contributed by atoms with E-state index >= 15 is 0 Å². The number of hydrogen-bond acceptors (Lipinski definition) is 7. The molecular formula is C31H46F3N3O6. The molecule has 0 spiro atoms. The van der Waals surface area contributed by atoms with E-state index in [-0.39, 0.29) is 50.7 Å². The second-order valence-corrected chi connectivity index (χ2v) is 10.7. The fourth-order valence-corrected chi connectivity index (χ4v) is 4.40. The van der Waals surface area contributed by atoms with Crippen molar-refractivity contribution in [2.45, 2.75) is 123 Å². The van der Waals surface area contributed by atoms with Crippen molar-refractivity contribution >= 4 is 5.97 Å². The number of ether oxygens (including phenoxy) is 3. The zero-order valence-electron chi connectivity index (χ0n) is 25.6. The molecule has 2 aromatic rings. The minimum atomic E-state index is -4.34. The van der Waals surface area contributed by atoms with E-state index in [4.69, 9.17) is 14.2 Å². The molecular weight excluding hydrogens is 567 g/mol. The lowest BCUT2D eigenvalue weighted by atomic mass is 10.1. The predicted molar refractivity (Wildman–Crippen MR) is 158 cm³/mol. The average Bonchev–Trinajstić information content (AvgIpc) is 2.96. The average molecular weight is 614 g/mol. The maximum absolute atomic E-state index is 12.9. The molecule has 0 saturated carbocycles. The van der Waals surface area contributed by atoms with E-state index in [1.807, 2.05) is 31.2 Å². The molecule has 0 aliphatic heterocycles. The Morgan fingerprint density at radius 3 is 2.44 bits per heavy atom. The second-order valence-electron chi connectivity index (χ2n) is 10.7. The summed E-state index contributed by atoms with van der Waals surface area (Å²) in [7, 11) is 0. The van der Waals surface area contributed by atoms with E-state index in [9.17, 15) is 27.6 Å². The van der Waals surface area contributed by atoms with Crippen LogP contribution in [0.2, 0.25) is 0 Å². The van der Waals surface area contributed by atoms with Crippen LogP contribution in [-0.4, -0.2) is 45.8 Å². The van der Waals surface area contributed by atoms with Gasteiger partial charge in [-0.05, 0) is 63.1 Å². The number of esters is 1. The third-order valence-corrected chi connectivity index (χ3v) is 6.76. The first kappa shape index (κ1) is 35.9. The normalized spacial score (nSPS) is 12.2. The van der Waals surface area contributed by atoms with Gasteiger partial charge < -0.3 is 14.2 Å². The molecule has 12 heteroatoms. The third kappa shape index (κ3) is 14.1. The molecule has 242 valence electrons. The van der Waals surface area contributed by atoms with Crippen molar-refractivity contribution in [2.24, 2.45) is 0 Å². The van der Waals surface area contributed by atoms with Gasteiger partial charge in [0.15, 0.2) is 0 Å². The molecule has 1 aromatic heterocycles. The highest BCUT2D eigenvalue weighted by Gasteiger charge is 2.26. The van der Waals surface area contributed by atoms with Gasteiger partial charge in [-0.15, -0.1) is 5.10 Å². The number of carbonyl (C=O) groups is 1. The Bertz CT molecular complexity index is 1230. The fraction of sp³-hybridized carbons (Fsp3) is 0.677. The summed E-state index contributed by atoms with van der Waals surface area (Å²) in [5.41, 5.74) is -0.272. The van der Waals surface area contributed by atoms with Gasteiger partial charge in [0.2, 0.25) is 0 Å². The lowest BCUT2D eigenvalue weighted by molar-refractivity contribution is -0.145. The Morgan fingerprint density at radius 1 is 0.977 bits per heavy atom. The highest BCUT2D eigenvalue weighted by Crippen LogP contribution is 2.21. The van der Waals surface area contributed by atoms with Gasteiger partial charge in [0, 0.05) is 25.9 Å². The number of alkyl halides is 3. The molecule has 1 aromatic carbocycles. The van der Waals surface area contributed by atoms with Crippen LogP contribution >= 0.6 is 0 Å². The van der Waals surface area contributed by atoms with Crippen molar-refractivity contribution in [3.05, 3.63) is 50.7 Å². The molecule has 43 heavy (non-hydrogen) atoms. The van der Waals surface area contributed by atoms with E-state index in [1.165, 1.54) is 0 Å². The van der Waals surface area contributed by atoms with Gasteiger partial charge in [-0.25, -0.2) is 9.48 Å². The number of carbonyl (C=O) groups excluding carboxylic acids is 1. The van der Waals surface area contributed by atoms with Crippen LogP contribution in [0.1, 0.15) is 97.0 Å². The summed E-state index contributed by atoms with van der Waals surface area (Å²) >= 11 is 0. The van der Waals surface area contributed by atoms with Gasteiger partial charge in [-0.3, -0.25) is 14.2 Å². The molecule has 0 aliphatic carbocycles. The van der Waals surface area contributed by atoms with Crippen LogP contribution < -0.4 is 20.7 Å². The van der Waals surface area contributed by atoms with Crippen LogP contribution in [0, 0.1) is 0 Å². The lowest BCUT2D eigenvalue weighted by Gasteiger charge is -2.15. The molecule has 2 rings (SSSR count). The van der Waals surface area contributed by atoms with Crippen molar-refractivity contribution < 1.29 is 32.2 Å². The van der Waals surface area contributed by atoms with Gasteiger partial charge in [0.05, 0.1) is 6.61 Å². The van der Waals surface area contributed by atoms with Gasteiger partial charge in [0.25, 0.3) is 5.88 Å². The zero-order chi connectivity index (χ0) is 31.7. The predicted octanol–water partition coefficient (Wildman–Crippen LogP) is 6.23. The van der Waals surface area contributed by atoms with Crippen LogP contribution in [0.5, 0.6) is 11.6 Å². The summed E-state index contributed by atoms with van der Waals surface area (Å²) in [5, 5.41) is 3.98. The van der Waals surface area contributed by atoms with Crippen molar-refractivity contribution in [3.63, 3.8) is 0 Å². The van der Waals surface area contributed by atoms with E-state index in [0.29, 0.717) is 25.0 Å². The number of aryl methyl sites for hydroxylation is 2. The number of hydrogen-bond donors (Lipinski definition) is 0. The number of halogens is 3. The number of benzene rings is 1. The molecule has 1 heterocycles. The van der Waals surface area contributed by atoms with Crippen molar-refractivity contribution in [1.29, 1.82) is 0 Å². The zero-order valence-corrected chi connectivity index (χ0v) is 25.6. The van der Waals surface area contributed by atoms with E-state index < -0.39 is 23.8 Å². The molecule has 0 radical (unpaired) electrons. The first-order valence-corrected chi connectivity index (χ1v) is 15.4. The number of rotatable bonds is 21. The molecule has 0 N–H and O–H groups in total. The van der Waals surface area contributed by atoms with Gasteiger partial charge in [0.1, 0.15) is 18.5 Å². The van der Waals surface area contributed by atoms with Crippen molar-refractivity contribution in [3.8, 4) is 11.6 Å². The Balaban J connectivity index is 1.90. The van der Waals surface area contributed by atoms with Gasteiger partial charge in [-0.2, -0.15) is 13.2 Å². The summed E-state index contributed by atoms with van der Waals surface area (Å²) in [5.74, 6) is 0.165. The third-order valence-electron chi connectivity index (χ3n) is 6.76. The molecule has 1 unspecified atom stereocenters. The maximum Gasteiger partial charge on any atom is 0.389 e. The SMILES string of the molecule is CCCCCCCn1c(=O)c(OCCCCCc2cccc(OC(C)COC(=O)CC)c2)nn(CCCC(F)(F)F)c1=O. The smallest absolute Gasteiger partial charge is 0.389 e. The Labute approximate surface area is 251 Å². The minimum Gasteiger partial charge on any atom is -0.487 e. The van der Waals surface area contributed by atoms with Gasteiger partial charge >= 0.3 is 23.4 Å². The Morgan fingerprint density at radius 2 is 1.72 bits per heavy atom. The van der Waals surface area contributed by atoms with Crippen LogP contribution in [-0.2, 0) is 29.0 Å². The molecule has 0 fully saturated rings. The minimum absolute atomic E-state index is 0.172. The van der Waals surface area contributed by atoms with E-state index in [1.54, 1.807) is 6.92 Å². The van der Waals surface area contributed by atoms with Crippen LogP contribution in [0.15, 0.2) is 33.9 Å². The molecule has 0 bridgehead atoms. The number of aromatic nitrogens is 3. The fourth-order valence-electron chi connectivity index (χ4n) is 4.40. The second kappa shape index (κ2) is 19.1. The first-order valence-electron chi connectivity index (χ1n) is 15.4. The van der Waals surface area contributed by atoms with Crippen LogP contribution in [0.3, 0.4) is 0 Å². The van der Waals surface area contributed by atoms with Crippen molar-refractivity contribution in [1.82, 2.24) is 14.3 Å². The maximum atomic E-state index is 12.9. The molecule has 0 amide bonds. The van der Waals surface area contributed by atoms with Crippen LogP contribution in [0.4, 0.5) is 13.2 Å². The number of nitrogens with zero attached hydrogens (tertiary/aromatic N) is 3. The summed E-state index contributed by atoms with van der Waals surface area (Å²) in [6.07, 6.45) is 1.94. The quantitative estimate of drug-likeness (QED) is 0.122. The van der Waals surface area contributed by atoms with Gasteiger partial charge in [-0.1, -0.05) is 51.7 Å². The monoisotopic (exact) mass is 613 g/mol. The van der Waals surface area contributed by atoms with E-state index in [2.05, 4.69) is 12.0 Å². The molecule has 1 atom stereocenters. The lowest BCUT2D eigenvalue weighted by Crippen LogP contribution is -2.42. The Hall–Kier alpha value is -3.31. The highest BCUT2D eigenvalue weighted by atomic mass is 19.4. The summed E-state index contributed by atoms with van der Waals surface area (Å²) in [6.45, 7) is 5.95. The Kier molecular flexibility index (Phi) is 15.9. The largest absolute Gasteiger partial charge is 0.487 e. The molecule has 0 saturated heterocycles. The first-order chi connectivity index (χ1) is 20.5. The molecule has 0 aliphatic rings. The standard InChI is InChI=1S/C31H46F3N3O6/c1-4-6-7-8-11-19-36-29(39)28(35-37(30(36)40)20-14-18-31(32,33)34)41-21-12-9-10-15-25-16-13-17-26(22-25)43-24(3)23-42-27(38)5-2/h13,16-17,22,24H,4-12,14-15,18-21,23H2,1-3H3. The summed E-state index contributed by atoms with van der Waals surface area (Å²) in [6, 6.07) is 7.71. The highest BCUT2D eigenvalue weighted by molar-refractivity contribution is 5.68. The topological polar surface area (TPSA) is 102 Å². The van der Waals surface area contributed by atoms with E-state index in [0.717, 1.165) is 59.8 Å². The summed E-state index contributed by atoms with van der Waals surface area (Å²) < 4.78 is 56.5. The summed E-state index contributed by atoms with van der Waals surface area (Å²) in [4.78, 5) is 37.1. The van der Waals surface area contributed by atoms with Crippen molar-refractivity contribution in [2.75, 3.05) is 13.2 Å². The number of unbranched alkanes of at least 4 members (excludes halogenated alkanes) is 6.